The summed E-state index contributed by atoms with van der Waals surface area (Å²) in [6.07, 6.45) is 2.06. The lowest BCUT2D eigenvalue weighted by Gasteiger charge is -2.03. The number of ether oxygens (including phenoxy) is 1. The van der Waals surface area contributed by atoms with Crippen molar-refractivity contribution in [1.82, 2.24) is 9.38 Å². The lowest BCUT2D eigenvalue weighted by atomic mass is 10.1. The second-order valence-electron chi connectivity index (χ2n) is 3.83. The van der Waals surface area contributed by atoms with Crippen LogP contribution < -0.4 is 4.74 Å². The van der Waals surface area contributed by atoms with E-state index in [4.69, 9.17) is 4.74 Å². The minimum Gasteiger partial charge on any atom is -0.497 e. The molecular formula is C13H12N2OS. The summed E-state index contributed by atoms with van der Waals surface area (Å²) in [5.41, 5.74) is 3.38. The van der Waals surface area contributed by atoms with Crippen LogP contribution in [0.5, 0.6) is 5.75 Å². The van der Waals surface area contributed by atoms with Crippen LogP contribution in [0.4, 0.5) is 0 Å². The number of nitrogens with zero attached hydrogens (tertiary/aromatic N) is 2. The predicted octanol–water partition coefficient (Wildman–Crippen LogP) is 3.38. The third-order valence-electron chi connectivity index (χ3n) is 2.80. The molecule has 2 heterocycles. The van der Waals surface area contributed by atoms with Gasteiger partial charge in [-0.3, -0.25) is 4.40 Å². The molecule has 17 heavy (non-hydrogen) atoms. The van der Waals surface area contributed by atoms with Gasteiger partial charge in [0.1, 0.15) is 5.75 Å². The van der Waals surface area contributed by atoms with Crippen molar-refractivity contribution in [2.45, 2.75) is 6.92 Å². The first-order valence-corrected chi connectivity index (χ1v) is 6.24. The number of hydrogen-bond donors (Lipinski definition) is 0. The summed E-state index contributed by atoms with van der Waals surface area (Å²) in [5.74, 6) is 0.873. The predicted molar refractivity (Wildman–Crippen MR) is 69.8 cm³/mol. The monoisotopic (exact) mass is 244 g/mol. The fourth-order valence-corrected chi connectivity index (χ4v) is 2.75. The van der Waals surface area contributed by atoms with Crippen molar-refractivity contribution >= 4 is 16.3 Å². The van der Waals surface area contributed by atoms with Crippen molar-refractivity contribution in [3.63, 3.8) is 0 Å². The molecule has 0 aliphatic heterocycles. The van der Waals surface area contributed by atoms with Crippen molar-refractivity contribution < 1.29 is 4.74 Å². The van der Waals surface area contributed by atoms with Crippen molar-refractivity contribution in [2.24, 2.45) is 0 Å². The molecule has 3 aromatic rings. The molecule has 2 aromatic heterocycles. The molecule has 0 amide bonds. The number of rotatable bonds is 2. The molecule has 0 fully saturated rings. The van der Waals surface area contributed by atoms with Crippen LogP contribution in [-0.2, 0) is 0 Å². The molecule has 0 radical (unpaired) electrons. The van der Waals surface area contributed by atoms with E-state index >= 15 is 0 Å². The van der Waals surface area contributed by atoms with Gasteiger partial charge in [-0.2, -0.15) is 0 Å². The summed E-state index contributed by atoms with van der Waals surface area (Å²) >= 11 is 1.65. The summed E-state index contributed by atoms with van der Waals surface area (Å²) in [6.45, 7) is 2.04. The molecule has 0 bridgehead atoms. The number of benzene rings is 1. The molecule has 3 nitrogen and oxygen atoms in total. The maximum Gasteiger partial charge on any atom is 0.194 e. The first kappa shape index (κ1) is 10.4. The van der Waals surface area contributed by atoms with Crippen LogP contribution in [0.3, 0.4) is 0 Å². The van der Waals surface area contributed by atoms with Gasteiger partial charge in [0.2, 0.25) is 0 Å². The highest BCUT2D eigenvalue weighted by atomic mass is 32.1. The molecule has 0 spiro atoms. The van der Waals surface area contributed by atoms with Crippen LogP contribution in [0.2, 0.25) is 0 Å². The van der Waals surface area contributed by atoms with Gasteiger partial charge < -0.3 is 4.74 Å². The Hall–Kier alpha value is -1.81. The normalized spacial score (nSPS) is 10.9. The van der Waals surface area contributed by atoms with E-state index in [1.807, 2.05) is 19.1 Å². The van der Waals surface area contributed by atoms with E-state index in [-0.39, 0.29) is 0 Å². The average molecular weight is 244 g/mol. The fraction of sp³-hybridized carbons (Fsp3) is 0.154. The van der Waals surface area contributed by atoms with Crippen LogP contribution in [-0.4, -0.2) is 16.5 Å². The number of thiazole rings is 1. The molecule has 0 aliphatic rings. The highest BCUT2D eigenvalue weighted by Crippen LogP contribution is 2.28. The summed E-state index contributed by atoms with van der Waals surface area (Å²) < 4.78 is 7.30. The largest absolute Gasteiger partial charge is 0.497 e. The van der Waals surface area contributed by atoms with Gasteiger partial charge in [-0.05, 0) is 31.2 Å². The Labute approximate surface area is 103 Å². The number of hydrogen-bond acceptors (Lipinski definition) is 3. The minimum atomic E-state index is 0.873. The summed E-state index contributed by atoms with van der Waals surface area (Å²) in [4.78, 5) is 5.58. The number of aryl methyl sites for hydroxylation is 1. The molecule has 0 N–H and O–H groups in total. The Morgan fingerprint density at radius 1 is 1.24 bits per heavy atom. The van der Waals surface area contributed by atoms with E-state index in [0.717, 1.165) is 27.7 Å². The van der Waals surface area contributed by atoms with Gasteiger partial charge in [-0.25, -0.2) is 4.98 Å². The lowest BCUT2D eigenvalue weighted by Crippen LogP contribution is -1.87. The molecule has 3 rings (SSSR count). The average Bonchev–Trinajstić information content (AvgIpc) is 2.89. The molecule has 0 aliphatic carbocycles. The fourth-order valence-electron chi connectivity index (χ4n) is 1.99. The third-order valence-corrected chi connectivity index (χ3v) is 3.56. The zero-order chi connectivity index (χ0) is 11.8. The van der Waals surface area contributed by atoms with Gasteiger partial charge >= 0.3 is 0 Å². The maximum atomic E-state index is 5.17. The minimum absolute atomic E-state index is 0.873. The van der Waals surface area contributed by atoms with E-state index in [1.165, 1.54) is 0 Å². The van der Waals surface area contributed by atoms with Gasteiger partial charge in [0.05, 0.1) is 18.5 Å². The first-order valence-electron chi connectivity index (χ1n) is 5.36. The molecule has 4 heteroatoms. The summed E-state index contributed by atoms with van der Waals surface area (Å²) in [7, 11) is 1.68. The van der Waals surface area contributed by atoms with Crippen molar-refractivity contribution in [2.75, 3.05) is 7.11 Å². The molecule has 0 saturated carbocycles. The van der Waals surface area contributed by atoms with Gasteiger partial charge in [-0.1, -0.05) is 0 Å². The number of aromatic nitrogens is 2. The van der Waals surface area contributed by atoms with E-state index in [9.17, 15) is 0 Å². The quantitative estimate of drug-likeness (QED) is 0.691. The van der Waals surface area contributed by atoms with E-state index < -0.39 is 0 Å². The first-order chi connectivity index (χ1) is 8.29. The van der Waals surface area contributed by atoms with E-state index in [2.05, 4.69) is 33.1 Å². The molecule has 0 unspecified atom stereocenters. The topological polar surface area (TPSA) is 26.5 Å². The smallest absolute Gasteiger partial charge is 0.194 e. The highest BCUT2D eigenvalue weighted by Gasteiger charge is 2.11. The Morgan fingerprint density at radius 3 is 2.71 bits per heavy atom. The standard InChI is InChI=1S/C13H12N2OS/c1-9-12(15-7-8-17-13(15)14-9)10-3-5-11(16-2)6-4-10/h3-8H,1-2H3. The second-order valence-corrected chi connectivity index (χ2v) is 4.70. The summed E-state index contributed by atoms with van der Waals surface area (Å²) in [5, 5.41) is 2.05. The van der Waals surface area contributed by atoms with Crippen LogP contribution >= 0.6 is 11.3 Å². The Bertz CT molecular complexity index is 652. The molecule has 0 atom stereocenters. The van der Waals surface area contributed by atoms with Crippen LogP contribution in [0.1, 0.15) is 5.69 Å². The highest BCUT2D eigenvalue weighted by molar-refractivity contribution is 7.15. The number of imidazole rings is 1. The molecule has 86 valence electrons. The molecular weight excluding hydrogens is 232 g/mol. The Kier molecular flexibility index (Phi) is 2.37. The van der Waals surface area contributed by atoms with Crippen LogP contribution in [0.25, 0.3) is 16.2 Å². The van der Waals surface area contributed by atoms with E-state index in [1.54, 1.807) is 18.4 Å². The van der Waals surface area contributed by atoms with Gasteiger partial charge in [0, 0.05) is 17.1 Å². The lowest BCUT2D eigenvalue weighted by molar-refractivity contribution is 0.415. The molecule has 1 aromatic carbocycles. The van der Waals surface area contributed by atoms with E-state index in [0.29, 0.717) is 0 Å². The second kappa shape index (κ2) is 3.89. The SMILES string of the molecule is COc1ccc(-c2c(C)nc3sccn23)cc1. The van der Waals surface area contributed by atoms with Gasteiger partial charge in [0.15, 0.2) is 4.96 Å². The Morgan fingerprint density at radius 2 is 2.00 bits per heavy atom. The summed E-state index contributed by atoms with van der Waals surface area (Å²) in [6, 6.07) is 8.07. The van der Waals surface area contributed by atoms with Crippen molar-refractivity contribution in [3.05, 3.63) is 41.5 Å². The zero-order valence-corrected chi connectivity index (χ0v) is 10.5. The van der Waals surface area contributed by atoms with Crippen LogP contribution in [0, 0.1) is 6.92 Å². The number of fused-ring (bicyclic) bond motifs is 1. The van der Waals surface area contributed by atoms with Crippen LogP contribution in [0.15, 0.2) is 35.8 Å². The van der Waals surface area contributed by atoms with Crippen molar-refractivity contribution in [1.29, 1.82) is 0 Å². The van der Waals surface area contributed by atoms with Gasteiger partial charge in [0.25, 0.3) is 0 Å². The Balaban J connectivity index is 2.18. The third kappa shape index (κ3) is 1.61. The maximum absolute atomic E-state index is 5.17. The zero-order valence-electron chi connectivity index (χ0n) is 9.68. The number of methoxy groups -OCH3 is 1. The van der Waals surface area contributed by atoms with Gasteiger partial charge in [-0.15, -0.1) is 11.3 Å². The molecule has 0 saturated heterocycles. The van der Waals surface area contributed by atoms with Crippen molar-refractivity contribution in [3.8, 4) is 17.0 Å².